The number of hydrogen-bond acceptors (Lipinski definition) is 3. The second-order valence-corrected chi connectivity index (χ2v) is 3.94. The first kappa shape index (κ1) is 17.7. The molecule has 0 saturated heterocycles. The molecule has 1 atom stereocenters. The zero-order valence-electron chi connectivity index (χ0n) is 9.86. The van der Waals surface area contributed by atoms with Crippen LogP contribution in [-0.4, -0.2) is 22.2 Å². The van der Waals surface area contributed by atoms with E-state index in [1.807, 2.05) is 0 Å². The van der Waals surface area contributed by atoms with Crippen molar-refractivity contribution in [3.8, 4) is 5.75 Å². The van der Waals surface area contributed by atoms with Crippen LogP contribution in [0.1, 0.15) is 16.7 Å². The Kier molecular flexibility index (Phi) is 5.83. The number of aryl methyl sites for hydroxylation is 1. The molecule has 4 N–H and O–H groups in total. The Morgan fingerprint density at radius 3 is 2.37 bits per heavy atom. The topological polar surface area (TPSA) is 83.5 Å². The van der Waals surface area contributed by atoms with Crippen molar-refractivity contribution in [2.24, 2.45) is 5.73 Å². The summed E-state index contributed by atoms with van der Waals surface area (Å²) < 4.78 is 38.3. The quantitative estimate of drug-likeness (QED) is 0.785. The van der Waals surface area contributed by atoms with Crippen LogP contribution < -0.4 is 5.73 Å². The van der Waals surface area contributed by atoms with Crippen molar-refractivity contribution in [1.29, 1.82) is 0 Å². The number of hydrogen-bond donors (Lipinski definition) is 3. The minimum atomic E-state index is -4.67. The minimum absolute atomic E-state index is 0. The molecule has 19 heavy (non-hydrogen) atoms. The molecular formula is C11H13BrF3NO3. The molecule has 0 spiro atoms. The number of benzene rings is 1. The summed E-state index contributed by atoms with van der Waals surface area (Å²) in [6.45, 7) is 1.36. The molecule has 0 radical (unpaired) electrons. The summed E-state index contributed by atoms with van der Waals surface area (Å²) in [5.74, 6) is -1.90. The molecule has 0 aliphatic rings. The summed E-state index contributed by atoms with van der Waals surface area (Å²) in [6, 6.07) is 0.283. The van der Waals surface area contributed by atoms with E-state index < -0.39 is 35.9 Å². The lowest BCUT2D eigenvalue weighted by Crippen LogP contribution is -2.33. The maximum atomic E-state index is 12.8. The van der Waals surface area contributed by atoms with Crippen molar-refractivity contribution in [3.63, 3.8) is 0 Å². The van der Waals surface area contributed by atoms with Gasteiger partial charge in [0.2, 0.25) is 0 Å². The molecule has 0 aliphatic carbocycles. The molecular weight excluding hydrogens is 331 g/mol. The number of carboxylic acid groups (broad SMARTS) is 1. The predicted molar refractivity (Wildman–Crippen MR) is 67.5 cm³/mol. The van der Waals surface area contributed by atoms with Crippen LogP contribution in [0.25, 0.3) is 0 Å². The summed E-state index contributed by atoms with van der Waals surface area (Å²) in [5.41, 5.74) is 4.12. The molecule has 8 heteroatoms. The van der Waals surface area contributed by atoms with Gasteiger partial charge in [0.1, 0.15) is 11.8 Å². The predicted octanol–water partition coefficient (Wildman–Crippen LogP) is 2.25. The van der Waals surface area contributed by atoms with Crippen LogP contribution in [0.5, 0.6) is 5.75 Å². The first-order valence-electron chi connectivity index (χ1n) is 5.01. The number of carbonyl (C=O) groups is 1. The molecule has 0 aliphatic heterocycles. The molecule has 0 fully saturated rings. The van der Waals surface area contributed by atoms with E-state index in [0.29, 0.717) is 6.07 Å². The summed E-state index contributed by atoms with van der Waals surface area (Å²) >= 11 is 0. The lowest BCUT2D eigenvalue weighted by molar-refractivity contribution is -0.141. The zero-order valence-corrected chi connectivity index (χ0v) is 11.6. The van der Waals surface area contributed by atoms with Gasteiger partial charge in [-0.15, -0.1) is 17.0 Å². The van der Waals surface area contributed by atoms with Crippen molar-refractivity contribution in [2.75, 3.05) is 0 Å². The minimum Gasteiger partial charge on any atom is -0.508 e. The molecule has 1 aromatic rings. The maximum Gasteiger partial charge on any atom is 0.416 e. The lowest BCUT2D eigenvalue weighted by Gasteiger charge is -2.17. The van der Waals surface area contributed by atoms with Gasteiger partial charge in [0.15, 0.2) is 0 Å². The molecule has 4 nitrogen and oxygen atoms in total. The van der Waals surface area contributed by atoms with E-state index in [1.54, 1.807) is 0 Å². The second-order valence-electron chi connectivity index (χ2n) is 3.94. The number of phenols is 1. The molecule has 108 valence electrons. The van der Waals surface area contributed by atoms with Gasteiger partial charge in [-0.1, -0.05) is 0 Å². The first-order chi connectivity index (χ1) is 8.12. The number of aromatic hydroxyl groups is 1. The Balaban J connectivity index is 0.00000324. The van der Waals surface area contributed by atoms with E-state index in [1.165, 1.54) is 6.92 Å². The standard InChI is InChI=1S/C11H12F3NO3.BrH/c1-5-2-6(16)3-8(11(12,13)14)7(5)4-9(15)10(17)18;/h2-3,9,16H,4,15H2,1H3,(H,17,18);1H. The Hall–Kier alpha value is -1.28. The first-order valence-corrected chi connectivity index (χ1v) is 5.01. The van der Waals surface area contributed by atoms with Crippen LogP contribution in [-0.2, 0) is 17.4 Å². The highest BCUT2D eigenvalue weighted by Crippen LogP contribution is 2.36. The SMILES string of the molecule is Br.Cc1cc(O)cc(C(F)(F)F)c1CC(N)C(=O)O. The fourth-order valence-corrected chi connectivity index (χ4v) is 1.63. The monoisotopic (exact) mass is 343 g/mol. The van der Waals surface area contributed by atoms with Gasteiger partial charge in [0.25, 0.3) is 0 Å². The molecule has 0 amide bonds. The highest BCUT2D eigenvalue weighted by molar-refractivity contribution is 8.93. The average Bonchev–Trinajstić information content (AvgIpc) is 2.19. The van der Waals surface area contributed by atoms with Crippen molar-refractivity contribution in [3.05, 3.63) is 28.8 Å². The summed E-state index contributed by atoms with van der Waals surface area (Å²) in [6.07, 6.45) is -5.12. The number of alkyl halides is 3. The number of nitrogens with two attached hydrogens (primary N) is 1. The van der Waals surface area contributed by atoms with E-state index in [9.17, 15) is 23.1 Å². The molecule has 0 aromatic heterocycles. The number of carboxylic acids is 1. The van der Waals surface area contributed by atoms with Crippen LogP contribution in [0.4, 0.5) is 13.2 Å². The van der Waals surface area contributed by atoms with E-state index in [-0.39, 0.29) is 28.1 Å². The van der Waals surface area contributed by atoms with Crippen molar-refractivity contribution in [2.45, 2.75) is 25.6 Å². The normalized spacial score (nSPS) is 12.7. The molecule has 0 bridgehead atoms. The lowest BCUT2D eigenvalue weighted by atomic mass is 9.95. The van der Waals surface area contributed by atoms with Crippen molar-refractivity contribution in [1.82, 2.24) is 0 Å². The van der Waals surface area contributed by atoms with E-state index in [0.717, 1.165) is 6.07 Å². The van der Waals surface area contributed by atoms with Gasteiger partial charge in [-0.05, 0) is 36.6 Å². The number of halogens is 4. The van der Waals surface area contributed by atoms with Crippen LogP contribution in [0, 0.1) is 6.92 Å². The highest BCUT2D eigenvalue weighted by Gasteiger charge is 2.35. The number of phenolic OH excluding ortho intramolecular Hbond substituents is 1. The van der Waals surface area contributed by atoms with Crippen molar-refractivity contribution < 1.29 is 28.2 Å². The highest BCUT2D eigenvalue weighted by atomic mass is 79.9. The summed E-state index contributed by atoms with van der Waals surface area (Å²) in [5, 5.41) is 17.8. The maximum absolute atomic E-state index is 12.8. The fourth-order valence-electron chi connectivity index (χ4n) is 1.63. The van der Waals surface area contributed by atoms with Crippen LogP contribution in [0.2, 0.25) is 0 Å². The van der Waals surface area contributed by atoms with Gasteiger partial charge in [0, 0.05) is 0 Å². The van der Waals surface area contributed by atoms with Crippen LogP contribution in [0.3, 0.4) is 0 Å². The largest absolute Gasteiger partial charge is 0.508 e. The molecule has 1 rings (SSSR count). The van der Waals surface area contributed by atoms with Gasteiger partial charge in [-0.25, -0.2) is 0 Å². The molecule has 0 saturated carbocycles. The third-order valence-electron chi connectivity index (χ3n) is 2.50. The van der Waals surface area contributed by atoms with Gasteiger partial charge in [-0.3, -0.25) is 4.79 Å². The van der Waals surface area contributed by atoms with Crippen LogP contribution >= 0.6 is 17.0 Å². The number of rotatable bonds is 3. The molecule has 1 unspecified atom stereocenters. The van der Waals surface area contributed by atoms with Gasteiger partial charge in [0.05, 0.1) is 5.56 Å². The van der Waals surface area contributed by atoms with E-state index in [2.05, 4.69) is 0 Å². The van der Waals surface area contributed by atoms with E-state index >= 15 is 0 Å². The Bertz CT molecular complexity index is 477. The summed E-state index contributed by atoms with van der Waals surface area (Å²) in [4.78, 5) is 10.6. The summed E-state index contributed by atoms with van der Waals surface area (Å²) in [7, 11) is 0. The Morgan fingerprint density at radius 1 is 1.42 bits per heavy atom. The second kappa shape index (κ2) is 6.25. The Labute approximate surface area is 117 Å². The van der Waals surface area contributed by atoms with E-state index in [4.69, 9.17) is 10.8 Å². The third-order valence-corrected chi connectivity index (χ3v) is 2.50. The molecule has 1 aromatic carbocycles. The fraction of sp³-hybridized carbons (Fsp3) is 0.364. The third kappa shape index (κ3) is 4.39. The van der Waals surface area contributed by atoms with Gasteiger partial charge >= 0.3 is 12.1 Å². The van der Waals surface area contributed by atoms with Crippen LogP contribution in [0.15, 0.2) is 12.1 Å². The molecule has 0 heterocycles. The van der Waals surface area contributed by atoms with Gasteiger partial charge < -0.3 is 15.9 Å². The van der Waals surface area contributed by atoms with Crippen molar-refractivity contribution >= 4 is 23.0 Å². The average molecular weight is 344 g/mol. The van der Waals surface area contributed by atoms with Gasteiger partial charge in [-0.2, -0.15) is 13.2 Å². The number of aliphatic carboxylic acids is 1. The zero-order chi connectivity index (χ0) is 14.1. The smallest absolute Gasteiger partial charge is 0.416 e. The Morgan fingerprint density at radius 2 is 1.95 bits per heavy atom.